The summed E-state index contributed by atoms with van der Waals surface area (Å²) >= 11 is 4.88. The largest absolute Gasteiger partial charge is 0.300 e. The van der Waals surface area contributed by atoms with E-state index in [1.54, 1.807) is 30.5 Å². The predicted octanol–water partition coefficient (Wildman–Crippen LogP) is 3.73. The van der Waals surface area contributed by atoms with Gasteiger partial charge in [-0.1, -0.05) is 46.3 Å². The number of rotatable bonds is 5. The van der Waals surface area contributed by atoms with Gasteiger partial charge >= 0.3 is 0 Å². The van der Waals surface area contributed by atoms with E-state index in [0.717, 1.165) is 19.8 Å². The van der Waals surface area contributed by atoms with Gasteiger partial charge in [0.1, 0.15) is 6.54 Å². The van der Waals surface area contributed by atoms with E-state index in [9.17, 15) is 14.4 Å². The van der Waals surface area contributed by atoms with Crippen molar-refractivity contribution in [3.63, 3.8) is 0 Å². The van der Waals surface area contributed by atoms with Gasteiger partial charge in [-0.3, -0.25) is 19.3 Å². The summed E-state index contributed by atoms with van der Waals surface area (Å²) in [6.45, 7) is -0.342. The number of amides is 3. The molecule has 3 amide bonds. The standard InChI is InChI=1S/C20H14BrN3O3S/c21-16-8-4-1-5-12(16)9-13-10-22-20(28-13)23-17(25)11-24-18(26)14-6-2-3-7-15(14)19(24)27/h1-8,10H,9,11H2,(H,22,23,25). The van der Waals surface area contributed by atoms with Gasteiger partial charge in [0.05, 0.1) is 11.1 Å². The molecule has 28 heavy (non-hydrogen) atoms. The Kier molecular flexibility index (Phi) is 5.06. The molecule has 2 aromatic carbocycles. The molecule has 140 valence electrons. The summed E-state index contributed by atoms with van der Waals surface area (Å²) in [5.41, 5.74) is 1.77. The fraction of sp³-hybridized carbons (Fsp3) is 0.100. The lowest BCUT2D eigenvalue weighted by Gasteiger charge is -2.12. The SMILES string of the molecule is O=C(CN1C(=O)c2ccccc2C1=O)Nc1ncc(Cc2ccccc2Br)s1. The first-order chi connectivity index (χ1) is 13.5. The van der Waals surface area contributed by atoms with Gasteiger partial charge in [-0.15, -0.1) is 11.3 Å². The van der Waals surface area contributed by atoms with Crippen molar-refractivity contribution >= 4 is 50.1 Å². The number of hydrogen-bond acceptors (Lipinski definition) is 5. The molecule has 3 aromatic rings. The number of halogens is 1. The Bertz CT molecular complexity index is 1060. The molecule has 0 atom stereocenters. The number of carbonyl (C=O) groups is 3. The minimum Gasteiger partial charge on any atom is -0.300 e. The van der Waals surface area contributed by atoms with Crippen LogP contribution in [-0.4, -0.2) is 34.2 Å². The van der Waals surface area contributed by atoms with E-state index in [1.165, 1.54) is 11.3 Å². The van der Waals surface area contributed by atoms with Crippen LogP contribution in [0, 0.1) is 0 Å². The number of hydrogen-bond donors (Lipinski definition) is 1. The molecule has 0 spiro atoms. The van der Waals surface area contributed by atoms with E-state index in [2.05, 4.69) is 26.2 Å². The highest BCUT2D eigenvalue weighted by atomic mass is 79.9. The van der Waals surface area contributed by atoms with Crippen LogP contribution in [0.4, 0.5) is 5.13 Å². The van der Waals surface area contributed by atoms with Gasteiger partial charge in [0.25, 0.3) is 11.8 Å². The van der Waals surface area contributed by atoms with E-state index in [4.69, 9.17) is 0 Å². The Hall–Kier alpha value is -2.84. The summed E-state index contributed by atoms with van der Waals surface area (Å²) in [4.78, 5) is 43.2. The maximum Gasteiger partial charge on any atom is 0.262 e. The Morgan fingerprint density at radius 1 is 1.04 bits per heavy atom. The van der Waals surface area contributed by atoms with Crippen LogP contribution in [0.25, 0.3) is 0 Å². The molecule has 1 aromatic heterocycles. The second-order valence-corrected chi connectivity index (χ2v) is 8.16. The van der Waals surface area contributed by atoms with Crippen LogP contribution in [0.2, 0.25) is 0 Å². The molecular weight excluding hydrogens is 442 g/mol. The number of nitrogens with one attached hydrogen (secondary N) is 1. The van der Waals surface area contributed by atoms with Gasteiger partial charge in [-0.25, -0.2) is 4.98 Å². The monoisotopic (exact) mass is 455 g/mol. The third-order valence-electron chi connectivity index (χ3n) is 4.30. The smallest absolute Gasteiger partial charge is 0.262 e. The zero-order chi connectivity index (χ0) is 19.7. The molecule has 0 radical (unpaired) electrons. The third kappa shape index (κ3) is 3.61. The van der Waals surface area contributed by atoms with Crippen LogP contribution in [0.5, 0.6) is 0 Å². The number of nitrogens with zero attached hydrogens (tertiary/aromatic N) is 2. The molecule has 0 fully saturated rings. The van der Waals surface area contributed by atoms with Gasteiger partial charge < -0.3 is 5.32 Å². The van der Waals surface area contributed by atoms with Crippen molar-refractivity contribution in [3.05, 3.63) is 80.8 Å². The molecule has 4 rings (SSSR count). The summed E-state index contributed by atoms with van der Waals surface area (Å²) in [7, 11) is 0. The van der Waals surface area contributed by atoms with Crippen molar-refractivity contribution in [2.45, 2.75) is 6.42 Å². The Morgan fingerprint density at radius 2 is 1.68 bits per heavy atom. The fourth-order valence-electron chi connectivity index (χ4n) is 2.96. The van der Waals surface area contributed by atoms with Gasteiger partial charge in [-0.05, 0) is 23.8 Å². The van der Waals surface area contributed by atoms with E-state index < -0.39 is 17.7 Å². The molecule has 6 nitrogen and oxygen atoms in total. The molecule has 8 heteroatoms. The van der Waals surface area contributed by atoms with Crippen LogP contribution >= 0.6 is 27.3 Å². The zero-order valence-electron chi connectivity index (χ0n) is 14.5. The van der Waals surface area contributed by atoms with Crippen molar-refractivity contribution in [2.75, 3.05) is 11.9 Å². The van der Waals surface area contributed by atoms with Crippen molar-refractivity contribution in [3.8, 4) is 0 Å². The molecule has 0 saturated heterocycles. The van der Waals surface area contributed by atoms with E-state index in [0.29, 0.717) is 22.7 Å². The van der Waals surface area contributed by atoms with Gasteiger partial charge in [-0.2, -0.15) is 0 Å². The van der Waals surface area contributed by atoms with Crippen molar-refractivity contribution in [1.82, 2.24) is 9.88 Å². The lowest BCUT2D eigenvalue weighted by atomic mass is 10.1. The van der Waals surface area contributed by atoms with Crippen molar-refractivity contribution in [2.24, 2.45) is 0 Å². The van der Waals surface area contributed by atoms with Gasteiger partial charge in [0.2, 0.25) is 5.91 Å². The number of thiazole rings is 1. The highest BCUT2D eigenvalue weighted by Crippen LogP contribution is 2.26. The van der Waals surface area contributed by atoms with Gasteiger partial charge in [0, 0.05) is 22.0 Å². The molecule has 2 heterocycles. The number of aromatic nitrogens is 1. The topological polar surface area (TPSA) is 79.4 Å². The second kappa shape index (κ2) is 7.65. The molecular formula is C20H14BrN3O3S. The van der Waals surface area contributed by atoms with Crippen molar-refractivity contribution < 1.29 is 14.4 Å². The summed E-state index contributed by atoms with van der Waals surface area (Å²) in [6.07, 6.45) is 2.40. The van der Waals surface area contributed by atoms with E-state index in [-0.39, 0.29) is 6.54 Å². The Labute approximate surface area is 173 Å². The third-order valence-corrected chi connectivity index (χ3v) is 5.99. The first kappa shape index (κ1) is 18.5. The Balaban J connectivity index is 1.40. The quantitative estimate of drug-likeness (QED) is 0.594. The van der Waals surface area contributed by atoms with Gasteiger partial charge in [0.15, 0.2) is 5.13 Å². The highest BCUT2D eigenvalue weighted by Gasteiger charge is 2.36. The van der Waals surface area contributed by atoms with E-state index in [1.807, 2.05) is 24.3 Å². The van der Waals surface area contributed by atoms with E-state index >= 15 is 0 Å². The summed E-state index contributed by atoms with van der Waals surface area (Å²) in [5, 5.41) is 3.10. The summed E-state index contributed by atoms with van der Waals surface area (Å²) in [5.74, 6) is -1.37. The first-order valence-electron chi connectivity index (χ1n) is 8.46. The summed E-state index contributed by atoms with van der Waals surface area (Å²) < 4.78 is 1.01. The Morgan fingerprint density at radius 3 is 2.36 bits per heavy atom. The second-order valence-electron chi connectivity index (χ2n) is 6.19. The average Bonchev–Trinajstić information content (AvgIpc) is 3.22. The molecule has 0 bridgehead atoms. The van der Waals surface area contributed by atoms with Crippen LogP contribution in [0.3, 0.4) is 0 Å². The lowest BCUT2D eigenvalue weighted by Crippen LogP contribution is -2.37. The predicted molar refractivity (Wildman–Crippen MR) is 110 cm³/mol. The van der Waals surface area contributed by atoms with Crippen LogP contribution in [-0.2, 0) is 11.2 Å². The minimum atomic E-state index is -0.462. The maximum absolute atomic E-state index is 12.3. The molecule has 1 aliphatic heterocycles. The number of carbonyl (C=O) groups excluding carboxylic acids is 3. The fourth-order valence-corrected chi connectivity index (χ4v) is 4.24. The van der Waals surface area contributed by atoms with Crippen LogP contribution in [0.1, 0.15) is 31.2 Å². The molecule has 1 aliphatic rings. The number of anilines is 1. The zero-order valence-corrected chi connectivity index (χ0v) is 16.9. The minimum absolute atomic E-state index is 0.324. The van der Waals surface area contributed by atoms with Crippen molar-refractivity contribution in [1.29, 1.82) is 0 Å². The first-order valence-corrected chi connectivity index (χ1v) is 10.1. The number of imide groups is 1. The molecule has 0 aliphatic carbocycles. The highest BCUT2D eigenvalue weighted by molar-refractivity contribution is 9.10. The molecule has 0 unspecified atom stereocenters. The van der Waals surface area contributed by atoms with Crippen LogP contribution < -0.4 is 5.32 Å². The van der Waals surface area contributed by atoms with Crippen LogP contribution in [0.15, 0.2) is 59.2 Å². The normalized spacial score (nSPS) is 13.0. The number of fused-ring (bicyclic) bond motifs is 1. The number of benzene rings is 2. The summed E-state index contributed by atoms with van der Waals surface area (Å²) in [6, 6.07) is 14.5. The maximum atomic E-state index is 12.3. The molecule has 0 saturated carbocycles. The average molecular weight is 456 g/mol. The molecule has 1 N–H and O–H groups in total. The lowest BCUT2D eigenvalue weighted by molar-refractivity contribution is -0.116.